The highest BCUT2D eigenvalue weighted by Crippen LogP contribution is 2.45. The molecule has 0 aromatic heterocycles. The Bertz CT molecular complexity index is 562. The van der Waals surface area contributed by atoms with Crippen LogP contribution < -0.4 is 10.6 Å². The molecule has 2 fully saturated rings. The molecule has 4 N–H and O–H groups in total. The normalized spacial score (nSPS) is 41.5. The molecule has 2 aliphatic carbocycles. The van der Waals surface area contributed by atoms with Gasteiger partial charge >= 0.3 is 0 Å². The first-order chi connectivity index (χ1) is 13.7. The fourth-order valence-electron chi connectivity index (χ4n) is 6.34. The van der Waals surface area contributed by atoms with Crippen LogP contribution in [0.1, 0.15) is 66.7 Å². The summed E-state index contributed by atoms with van der Waals surface area (Å²) in [7, 11) is 1.86. The third-order valence-electron chi connectivity index (χ3n) is 7.84. The van der Waals surface area contributed by atoms with Crippen molar-refractivity contribution in [2.75, 3.05) is 7.11 Å². The molecule has 168 valence electrons. The van der Waals surface area contributed by atoms with Crippen LogP contribution in [0.4, 0.5) is 0 Å². The zero-order chi connectivity index (χ0) is 21.3. The van der Waals surface area contributed by atoms with E-state index in [4.69, 9.17) is 4.74 Å². The SMILES string of the molecule is CO[C@H]1C(C(C)C)C=C(CC2C(O)N[C@H]3CC(NC(C)O)CC[C@@H]23)CC1C(C)C. The summed E-state index contributed by atoms with van der Waals surface area (Å²) < 4.78 is 5.97. The Morgan fingerprint density at radius 2 is 1.90 bits per heavy atom. The van der Waals surface area contributed by atoms with Gasteiger partial charge in [-0.2, -0.15) is 0 Å². The monoisotopic (exact) mass is 408 g/mol. The molecule has 0 aromatic carbocycles. The van der Waals surface area contributed by atoms with Gasteiger partial charge in [0.1, 0.15) is 12.5 Å². The largest absolute Gasteiger partial charge is 0.381 e. The fourth-order valence-corrected chi connectivity index (χ4v) is 6.34. The minimum Gasteiger partial charge on any atom is -0.381 e. The van der Waals surface area contributed by atoms with E-state index in [9.17, 15) is 10.2 Å². The van der Waals surface area contributed by atoms with Crippen molar-refractivity contribution in [3.05, 3.63) is 11.6 Å². The van der Waals surface area contributed by atoms with Crippen LogP contribution >= 0.6 is 0 Å². The van der Waals surface area contributed by atoms with Crippen LogP contribution in [0, 0.1) is 35.5 Å². The van der Waals surface area contributed by atoms with Crippen LogP contribution in [-0.4, -0.2) is 48.0 Å². The topological polar surface area (TPSA) is 73.8 Å². The Balaban J connectivity index is 1.71. The predicted octanol–water partition coefficient (Wildman–Crippen LogP) is 3.27. The molecule has 1 heterocycles. The summed E-state index contributed by atoms with van der Waals surface area (Å²) in [6.45, 7) is 11.0. The second-order valence-electron chi connectivity index (χ2n) is 10.6. The predicted molar refractivity (Wildman–Crippen MR) is 117 cm³/mol. The lowest BCUT2D eigenvalue weighted by atomic mass is 9.68. The van der Waals surface area contributed by atoms with Gasteiger partial charge in [-0.1, -0.05) is 39.3 Å². The van der Waals surface area contributed by atoms with Crippen molar-refractivity contribution < 1.29 is 14.9 Å². The maximum absolute atomic E-state index is 10.8. The number of methoxy groups -OCH3 is 1. The number of rotatable bonds is 7. The Morgan fingerprint density at radius 1 is 1.17 bits per heavy atom. The van der Waals surface area contributed by atoms with Crippen molar-refractivity contribution in [1.82, 2.24) is 10.6 Å². The van der Waals surface area contributed by atoms with E-state index in [1.165, 1.54) is 5.57 Å². The summed E-state index contributed by atoms with van der Waals surface area (Å²) >= 11 is 0. The number of nitrogens with one attached hydrogen (secondary N) is 2. The number of aliphatic hydroxyl groups excluding tert-OH is 2. The average Bonchev–Trinajstić information content (AvgIpc) is 2.94. The fraction of sp³-hybridized carbons (Fsp3) is 0.917. The lowest BCUT2D eigenvalue weighted by Crippen LogP contribution is -2.46. The average molecular weight is 409 g/mol. The third kappa shape index (κ3) is 5.24. The van der Waals surface area contributed by atoms with E-state index in [0.717, 1.165) is 32.1 Å². The summed E-state index contributed by atoms with van der Waals surface area (Å²) in [5, 5.41) is 27.2. The molecule has 29 heavy (non-hydrogen) atoms. The summed E-state index contributed by atoms with van der Waals surface area (Å²) in [5.74, 6) is 2.95. The van der Waals surface area contributed by atoms with E-state index in [0.29, 0.717) is 53.7 Å². The molecule has 0 radical (unpaired) electrons. The molecule has 6 unspecified atom stereocenters. The highest BCUT2D eigenvalue weighted by atomic mass is 16.5. The molecule has 1 saturated heterocycles. The maximum atomic E-state index is 10.8. The Labute approximate surface area is 177 Å². The van der Waals surface area contributed by atoms with Gasteiger partial charge in [0.15, 0.2) is 0 Å². The van der Waals surface area contributed by atoms with Gasteiger partial charge in [-0.05, 0) is 62.7 Å². The molecular formula is C24H44N2O3. The van der Waals surface area contributed by atoms with Crippen molar-refractivity contribution >= 4 is 0 Å². The Morgan fingerprint density at radius 3 is 2.48 bits per heavy atom. The van der Waals surface area contributed by atoms with E-state index >= 15 is 0 Å². The van der Waals surface area contributed by atoms with Gasteiger partial charge in [0.25, 0.3) is 0 Å². The molecule has 1 saturated carbocycles. The van der Waals surface area contributed by atoms with Gasteiger partial charge in [0.05, 0.1) is 6.10 Å². The van der Waals surface area contributed by atoms with Gasteiger partial charge in [0, 0.05) is 31.0 Å². The smallest absolute Gasteiger partial charge is 0.108 e. The number of aliphatic hydroxyl groups is 2. The number of hydrogen-bond acceptors (Lipinski definition) is 5. The Kier molecular flexibility index (Phi) is 7.83. The van der Waals surface area contributed by atoms with E-state index in [-0.39, 0.29) is 0 Å². The van der Waals surface area contributed by atoms with Crippen molar-refractivity contribution in [3.63, 3.8) is 0 Å². The molecule has 0 spiro atoms. The van der Waals surface area contributed by atoms with E-state index < -0.39 is 12.5 Å². The van der Waals surface area contributed by atoms with Crippen LogP contribution in [0.15, 0.2) is 11.6 Å². The van der Waals surface area contributed by atoms with Crippen molar-refractivity contribution in [3.8, 4) is 0 Å². The van der Waals surface area contributed by atoms with Crippen LogP contribution in [0.3, 0.4) is 0 Å². The van der Waals surface area contributed by atoms with E-state index in [1.807, 2.05) is 7.11 Å². The zero-order valence-electron chi connectivity index (χ0n) is 19.3. The molecule has 0 aromatic rings. The quantitative estimate of drug-likeness (QED) is 0.384. The zero-order valence-corrected chi connectivity index (χ0v) is 19.3. The minimum absolute atomic E-state index is 0.290. The molecule has 0 amide bonds. The molecule has 0 bridgehead atoms. The first-order valence-electron chi connectivity index (χ1n) is 11.8. The van der Waals surface area contributed by atoms with Crippen LogP contribution in [0.2, 0.25) is 0 Å². The van der Waals surface area contributed by atoms with Gasteiger partial charge in [-0.25, -0.2) is 0 Å². The standard InChI is InChI=1S/C24H44N2O3/c1-13(2)19-9-16(10-20(14(3)4)23(19)29-6)11-21-18-8-7-17(25-15(5)27)12-22(18)26-24(21)28/h9,13-15,17-28H,7-8,10-12H2,1-6H3/t15?,17?,18-,19?,20?,21?,22-,23-,24?/m0/s1. The first kappa shape index (κ1) is 23.2. The van der Waals surface area contributed by atoms with Crippen molar-refractivity contribution in [1.29, 1.82) is 0 Å². The van der Waals surface area contributed by atoms with Crippen LogP contribution in [0.25, 0.3) is 0 Å². The van der Waals surface area contributed by atoms with E-state index in [1.54, 1.807) is 6.92 Å². The second-order valence-corrected chi connectivity index (χ2v) is 10.6. The van der Waals surface area contributed by atoms with Gasteiger partial charge in [-0.15, -0.1) is 0 Å². The summed E-state index contributed by atoms with van der Waals surface area (Å²) in [5.41, 5.74) is 1.52. The maximum Gasteiger partial charge on any atom is 0.108 e. The van der Waals surface area contributed by atoms with Crippen LogP contribution in [-0.2, 0) is 4.74 Å². The van der Waals surface area contributed by atoms with Crippen LogP contribution in [0.5, 0.6) is 0 Å². The van der Waals surface area contributed by atoms with E-state index in [2.05, 4.69) is 44.4 Å². The lowest BCUT2D eigenvalue weighted by Gasteiger charge is -2.41. The third-order valence-corrected chi connectivity index (χ3v) is 7.84. The van der Waals surface area contributed by atoms with Gasteiger partial charge in [0.2, 0.25) is 0 Å². The second kappa shape index (κ2) is 9.78. The Hall–Kier alpha value is -0.460. The molecule has 1 aliphatic heterocycles. The highest BCUT2D eigenvalue weighted by molar-refractivity contribution is 5.16. The summed E-state index contributed by atoms with van der Waals surface area (Å²) in [6.07, 6.45) is 7.13. The first-order valence-corrected chi connectivity index (χ1v) is 11.8. The minimum atomic E-state index is -0.472. The molecule has 9 atom stereocenters. The van der Waals surface area contributed by atoms with Crippen molar-refractivity contribution in [2.45, 2.75) is 97.4 Å². The molecule has 3 aliphatic rings. The summed E-state index contributed by atoms with van der Waals surface area (Å²) in [4.78, 5) is 0. The highest BCUT2D eigenvalue weighted by Gasteiger charge is 2.46. The molecular weight excluding hydrogens is 364 g/mol. The van der Waals surface area contributed by atoms with Crippen molar-refractivity contribution in [2.24, 2.45) is 35.5 Å². The van der Waals surface area contributed by atoms with Gasteiger partial charge in [-0.3, -0.25) is 10.6 Å². The number of fused-ring (bicyclic) bond motifs is 1. The summed E-state index contributed by atoms with van der Waals surface area (Å²) in [6, 6.07) is 0.680. The number of allylic oxidation sites excluding steroid dienone is 1. The molecule has 5 nitrogen and oxygen atoms in total. The lowest BCUT2D eigenvalue weighted by molar-refractivity contribution is -0.0168. The number of hydrogen-bond donors (Lipinski definition) is 4. The number of ether oxygens (including phenoxy) is 1. The molecule has 5 heteroatoms. The molecule has 3 rings (SSSR count). The van der Waals surface area contributed by atoms with Gasteiger partial charge < -0.3 is 14.9 Å².